The number of esters is 1. The number of hydrogen-bond donors (Lipinski definition) is 2. The lowest BCUT2D eigenvalue weighted by Crippen LogP contribution is -2.43. The number of carbonyl (C=O) groups excluding carboxylic acids is 3. The fraction of sp³-hybridized carbons (Fsp3) is 0.0625. The van der Waals surface area contributed by atoms with Gasteiger partial charge in [0.15, 0.2) is 6.61 Å². The Balaban J connectivity index is 1.80. The van der Waals surface area contributed by atoms with Gasteiger partial charge in [-0.1, -0.05) is 41.4 Å². The van der Waals surface area contributed by atoms with E-state index in [-0.39, 0.29) is 16.1 Å². The molecule has 0 spiro atoms. The van der Waals surface area contributed by atoms with E-state index >= 15 is 0 Å². The van der Waals surface area contributed by atoms with Crippen molar-refractivity contribution in [1.29, 1.82) is 0 Å². The third-order valence-electron chi connectivity index (χ3n) is 2.83. The second-order valence-corrected chi connectivity index (χ2v) is 5.41. The van der Waals surface area contributed by atoms with Crippen LogP contribution in [-0.4, -0.2) is 24.4 Å². The molecule has 124 valence electrons. The molecule has 2 aromatic carbocycles. The predicted octanol–water partition coefficient (Wildman–Crippen LogP) is 2.61. The summed E-state index contributed by atoms with van der Waals surface area (Å²) in [4.78, 5) is 35.2. The third-order valence-corrected chi connectivity index (χ3v) is 3.39. The van der Waals surface area contributed by atoms with E-state index in [9.17, 15) is 14.4 Å². The predicted molar refractivity (Wildman–Crippen MR) is 88.8 cm³/mol. The van der Waals surface area contributed by atoms with Crippen LogP contribution in [0.5, 0.6) is 0 Å². The van der Waals surface area contributed by atoms with Crippen molar-refractivity contribution in [2.24, 2.45) is 0 Å². The van der Waals surface area contributed by atoms with Crippen LogP contribution >= 0.6 is 23.2 Å². The molecule has 0 atom stereocenters. The molecule has 0 heterocycles. The monoisotopic (exact) mass is 366 g/mol. The topological polar surface area (TPSA) is 84.5 Å². The maximum atomic E-state index is 11.8. The van der Waals surface area contributed by atoms with Crippen molar-refractivity contribution in [3.05, 3.63) is 69.7 Å². The molecule has 24 heavy (non-hydrogen) atoms. The summed E-state index contributed by atoms with van der Waals surface area (Å²) in [7, 11) is 0. The van der Waals surface area contributed by atoms with E-state index in [2.05, 4.69) is 10.9 Å². The smallest absolute Gasteiger partial charge is 0.338 e. The molecular formula is C16H12Cl2N2O4. The summed E-state index contributed by atoms with van der Waals surface area (Å²) in [6.07, 6.45) is 0. The van der Waals surface area contributed by atoms with Crippen LogP contribution in [0.1, 0.15) is 20.7 Å². The van der Waals surface area contributed by atoms with Crippen LogP contribution in [0.25, 0.3) is 0 Å². The van der Waals surface area contributed by atoms with E-state index in [0.717, 1.165) is 0 Å². The molecule has 0 radical (unpaired) electrons. The lowest BCUT2D eigenvalue weighted by molar-refractivity contribution is -0.125. The summed E-state index contributed by atoms with van der Waals surface area (Å²) in [5, 5.41) is 0.623. The molecule has 0 saturated carbocycles. The highest BCUT2D eigenvalue weighted by atomic mass is 35.5. The van der Waals surface area contributed by atoms with Gasteiger partial charge in [-0.3, -0.25) is 20.4 Å². The average Bonchev–Trinajstić information content (AvgIpc) is 2.58. The van der Waals surface area contributed by atoms with Crippen molar-refractivity contribution in [3.63, 3.8) is 0 Å². The molecule has 6 nitrogen and oxygen atoms in total. The molecule has 2 amide bonds. The SMILES string of the molecule is O=C(COC(=O)c1cccc(Cl)c1)NNC(=O)c1ccccc1Cl. The molecule has 2 aromatic rings. The van der Waals surface area contributed by atoms with Gasteiger partial charge >= 0.3 is 5.97 Å². The number of benzene rings is 2. The fourth-order valence-corrected chi connectivity index (χ4v) is 2.12. The maximum absolute atomic E-state index is 11.8. The first-order valence-corrected chi connectivity index (χ1v) is 7.49. The quantitative estimate of drug-likeness (QED) is 0.643. The molecule has 0 bridgehead atoms. The lowest BCUT2D eigenvalue weighted by Gasteiger charge is -2.09. The van der Waals surface area contributed by atoms with E-state index in [1.165, 1.54) is 18.2 Å². The standard InChI is InChI=1S/C16H12Cl2N2O4/c17-11-5-3-4-10(8-11)16(23)24-9-14(21)19-20-15(22)12-6-1-2-7-13(12)18/h1-8H,9H2,(H,19,21)(H,20,22). The van der Waals surface area contributed by atoms with E-state index in [0.29, 0.717) is 5.02 Å². The zero-order valence-electron chi connectivity index (χ0n) is 12.2. The molecule has 0 saturated heterocycles. The number of nitrogens with one attached hydrogen (secondary N) is 2. The Morgan fingerprint density at radius 1 is 0.958 bits per heavy atom. The maximum Gasteiger partial charge on any atom is 0.338 e. The average molecular weight is 367 g/mol. The third kappa shape index (κ3) is 4.97. The van der Waals surface area contributed by atoms with Gasteiger partial charge in [-0.15, -0.1) is 0 Å². The Bertz CT molecular complexity index is 780. The number of hydrogen-bond acceptors (Lipinski definition) is 4. The van der Waals surface area contributed by atoms with Crippen LogP contribution in [-0.2, 0) is 9.53 Å². The largest absolute Gasteiger partial charge is 0.452 e. The fourth-order valence-electron chi connectivity index (χ4n) is 1.71. The van der Waals surface area contributed by atoms with Crippen LogP contribution < -0.4 is 10.9 Å². The van der Waals surface area contributed by atoms with Gasteiger partial charge in [0.1, 0.15) is 0 Å². The van der Waals surface area contributed by atoms with Crippen LogP contribution in [0.2, 0.25) is 10.0 Å². The number of ether oxygens (including phenoxy) is 1. The molecule has 2 rings (SSSR count). The van der Waals surface area contributed by atoms with Gasteiger partial charge in [0.05, 0.1) is 16.1 Å². The van der Waals surface area contributed by atoms with Gasteiger partial charge in [0.25, 0.3) is 11.8 Å². The molecule has 0 aliphatic carbocycles. The van der Waals surface area contributed by atoms with Crippen LogP contribution in [0.3, 0.4) is 0 Å². The van der Waals surface area contributed by atoms with Gasteiger partial charge in [-0.2, -0.15) is 0 Å². The van der Waals surface area contributed by atoms with Crippen LogP contribution in [0.15, 0.2) is 48.5 Å². The first-order valence-electron chi connectivity index (χ1n) is 6.74. The number of hydrazine groups is 1. The molecule has 2 N–H and O–H groups in total. The molecule has 0 aliphatic heterocycles. The Labute approximate surface area is 147 Å². The van der Waals surface area contributed by atoms with Gasteiger partial charge in [0.2, 0.25) is 0 Å². The van der Waals surface area contributed by atoms with E-state index in [1.807, 2.05) is 0 Å². The summed E-state index contributed by atoms with van der Waals surface area (Å²) in [5.74, 6) is -1.99. The van der Waals surface area contributed by atoms with E-state index < -0.39 is 24.4 Å². The Morgan fingerprint density at radius 2 is 1.71 bits per heavy atom. The zero-order chi connectivity index (χ0) is 17.5. The first kappa shape index (κ1) is 17.8. The van der Waals surface area contributed by atoms with Crippen molar-refractivity contribution in [2.75, 3.05) is 6.61 Å². The molecule has 0 fully saturated rings. The summed E-state index contributed by atoms with van der Waals surface area (Å²) in [6, 6.07) is 12.5. The first-order chi connectivity index (χ1) is 11.5. The highest BCUT2D eigenvalue weighted by molar-refractivity contribution is 6.33. The number of amides is 2. The van der Waals surface area contributed by atoms with Crippen LogP contribution in [0, 0.1) is 0 Å². The Kier molecular flexibility index (Phi) is 6.17. The second kappa shape index (κ2) is 8.33. The number of halogens is 2. The van der Waals surface area contributed by atoms with Crippen molar-refractivity contribution in [2.45, 2.75) is 0 Å². The lowest BCUT2D eigenvalue weighted by atomic mass is 10.2. The van der Waals surface area contributed by atoms with Crippen LogP contribution in [0.4, 0.5) is 0 Å². The minimum absolute atomic E-state index is 0.204. The van der Waals surface area contributed by atoms with Crippen molar-refractivity contribution in [1.82, 2.24) is 10.9 Å². The highest BCUT2D eigenvalue weighted by Gasteiger charge is 2.13. The second-order valence-electron chi connectivity index (χ2n) is 4.57. The summed E-state index contributed by atoms with van der Waals surface area (Å²) in [6.45, 7) is -0.561. The van der Waals surface area contributed by atoms with Gasteiger partial charge in [-0.05, 0) is 30.3 Å². The number of carbonyl (C=O) groups is 3. The molecule has 0 aliphatic rings. The summed E-state index contributed by atoms with van der Waals surface area (Å²) in [5.41, 5.74) is 4.72. The Hall–Kier alpha value is -2.57. The van der Waals surface area contributed by atoms with E-state index in [1.54, 1.807) is 30.3 Å². The minimum Gasteiger partial charge on any atom is -0.452 e. The van der Waals surface area contributed by atoms with Gasteiger partial charge in [-0.25, -0.2) is 4.79 Å². The Morgan fingerprint density at radius 3 is 2.42 bits per heavy atom. The normalized spacial score (nSPS) is 9.92. The highest BCUT2D eigenvalue weighted by Crippen LogP contribution is 2.14. The van der Waals surface area contributed by atoms with Gasteiger partial charge < -0.3 is 4.74 Å². The molecular weight excluding hydrogens is 355 g/mol. The number of rotatable bonds is 4. The minimum atomic E-state index is -0.704. The molecule has 8 heteroatoms. The summed E-state index contributed by atoms with van der Waals surface area (Å²) < 4.78 is 4.82. The van der Waals surface area contributed by atoms with Crippen molar-refractivity contribution < 1.29 is 19.1 Å². The van der Waals surface area contributed by atoms with Gasteiger partial charge in [0, 0.05) is 5.02 Å². The summed E-state index contributed by atoms with van der Waals surface area (Å²) >= 11 is 11.6. The molecule has 0 unspecified atom stereocenters. The molecule has 0 aromatic heterocycles. The zero-order valence-corrected chi connectivity index (χ0v) is 13.7. The van der Waals surface area contributed by atoms with Crippen molar-refractivity contribution >= 4 is 41.0 Å². The van der Waals surface area contributed by atoms with Crippen molar-refractivity contribution in [3.8, 4) is 0 Å². The van der Waals surface area contributed by atoms with E-state index in [4.69, 9.17) is 27.9 Å².